The first-order chi connectivity index (χ1) is 6.07. The van der Waals surface area contributed by atoms with E-state index < -0.39 is 0 Å². The van der Waals surface area contributed by atoms with Gasteiger partial charge >= 0.3 is 0 Å². The van der Waals surface area contributed by atoms with Crippen LogP contribution < -0.4 is 5.32 Å². The van der Waals surface area contributed by atoms with E-state index in [0.717, 1.165) is 31.3 Å². The maximum Gasteiger partial charge on any atom is 0.156 e. The summed E-state index contributed by atoms with van der Waals surface area (Å²) in [5.74, 6) is 2.02. The molecule has 4 heteroatoms. The molecule has 0 amide bonds. The van der Waals surface area contributed by atoms with Crippen LogP contribution in [0, 0.1) is 0 Å². The van der Waals surface area contributed by atoms with Gasteiger partial charge in [0, 0.05) is 12.0 Å². The molecule has 0 spiro atoms. The summed E-state index contributed by atoms with van der Waals surface area (Å²) < 4.78 is 2.01. The van der Waals surface area contributed by atoms with Crippen molar-refractivity contribution in [3.05, 3.63) is 11.6 Å². The van der Waals surface area contributed by atoms with Gasteiger partial charge in [0.1, 0.15) is 5.82 Å². The third kappa shape index (κ3) is 1.58. The summed E-state index contributed by atoms with van der Waals surface area (Å²) in [4.78, 5) is 4.51. The van der Waals surface area contributed by atoms with Gasteiger partial charge in [-0.15, -0.1) is 0 Å². The van der Waals surface area contributed by atoms with Crippen molar-refractivity contribution in [2.75, 3.05) is 6.54 Å². The fourth-order valence-corrected chi connectivity index (χ4v) is 1.39. The summed E-state index contributed by atoms with van der Waals surface area (Å²) in [5.41, 5.74) is 0.0599. The zero-order chi connectivity index (χ0) is 9.47. The number of fused-ring (bicyclic) bond motifs is 1. The molecule has 1 aromatic heterocycles. The van der Waals surface area contributed by atoms with Gasteiger partial charge < -0.3 is 5.32 Å². The molecule has 0 aromatic carbocycles. The molecule has 4 nitrogen and oxygen atoms in total. The molecule has 0 radical (unpaired) electrons. The molecule has 0 aliphatic carbocycles. The van der Waals surface area contributed by atoms with Gasteiger partial charge in [-0.25, -0.2) is 9.67 Å². The van der Waals surface area contributed by atoms with Gasteiger partial charge in [0.2, 0.25) is 0 Å². The van der Waals surface area contributed by atoms with Crippen molar-refractivity contribution in [1.29, 1.82) is 0 Å². The number of aromatic nitrogens is 3. The van der Waals surface area contributed by atoms with E-state index in [1.54, 1.807) is 0 Å². The van der Waals surface area contributed by atoms with Crippen LogP contribution in [0.1, 0.15) is 32.4 Å². The number of hydrogen-bond donors (Lipinski definition) is 1. The molecule has 0 saturated carbocycles. The van der Waals surface area contributed by atoms with E-state index in [4.69, 9.17) is 0 Å². The molecule has 0 fully saturated rings. The summed E-state index contributed by atoms with van der Waals surface area (Å²) in [6, 6.07) is 0. The Kier molecular flexibility index (Phi) is 1.87. The van der Waals surface area contributed by atoms with Crippen LogP contribution >= 0.6 is 0 Å². The topological polar surface area (TPSA) is 42.7 Å². The third-order valence-electron chi connectivity index (χ3n) is 2.20. The summed E-state index contributed by atoms with van der Waals surface area (Å²) in [6.07, 6.45) is 0. The molecule has 0 atom stereocenters. The number of nitrogens with zero attached hydrogens (tertiary/aromatic N) is 3. The standard InChI is InChI=1S/C9H16N4/c1-9(2,3)8-11-7-6-10-4-5-13(7)12-8/h10H,4-6H2,1-3H3. The van der Waals surface area contributed by atoms with Gasteiger partial charge in [-0.05, 0) is 0 Å². The van der Waals surface area contributed by atoms with Crippen molar-refractivity contribution in [3.63, 3.8) is 0 Å². The van der Waals surface area contributed by atoms with Gasteiger partial charge in [-0.1, -0.05) is 20.8 Å². The van der Waals surface area contributed by atoms with E-state index in [1.165, 1.54) is 0 Å². The highest BCUT2D eigenvalue weighted by molar-refractivity contribution is 5.04. The Morgan fingerprint density at radius 2 is 2.15 bits per heavy atom. The summed E-state index contributed by atoms with van der Waals surface area (Å²) in [5, 5.41) is 7.77. The van der Waals surface area contributed by atoms with E-state index >= 15 is 0 Å². The first-order valence-electron chi connectivity index (χ1n) is 4.72. The molecule has 0 unspecified atom stereocenters. The lowest BCUT2D eigenvalue weighted by Gasteiger charge is -2.12. The highest BCUT2D eigenvalue weighted by Crippen LogP contribution is 2.18. The molecular formula is C9H16N4. The van der Waals surface area contributed by atoms with Crippen LogP contribution in [0.25, 0.3) is 0 Å². The van der Waals surface area contributed by atoms with Crippen LogP contribution in [0.4, 0.5) is 0 Å². The van der Waals surface area contributed by atoms with E-state index in [1.807, 2.05) is 4.68 Å². The molecule has 0 bridgehead atoms. The number of nitrogens with one attached hydrogen (secondary N) is 1. The minimum atomic E-state index is 0.0599. The fourth-order valence-electron chi connectivity index (χ4n) is 1.39. The molecule has 1 aromatic rings. The monoisotopic (exact) mass is 180 g/mol. The molecule has 0 saturated heterocycles. The van der Waals surface area contributed by atoms with E-state index in [9.17, 15) is 0 Å². The van der Waals surface area contributed by atoms with Crippen molar-refractivity contribution < 1.29 is 0 Å². The molecule has 2 rings (SSSR count). The van der Waals surface area contributed by atoms with Gasteiger partial charge in [-0.2, -0.15) is 5.10 Å². The maximum absolute atomic E-state index is 4.51. The normalized spacial score (nSPS) is 17.2. The van der Waals surface area contributed by atoms with Crippen LogP contribution in [-0.4, -0.2) is 21.3 Å². The first kappa shape index (κ1) is 8.69. The van der Waals surface area contributed by atoms with Crippen LogP contribution in [0.2, 0.25) is 0 Å². The van der Waals surface area contributed by atoms with Crippen LogP contribution in [-0.2, 0) is 18.5 Å². The lowest BCUT2D eigenvalue weighted by Crippen LogP contribution is -2.28. The Hall–Kier alpha value is -0.900. The molecule has 2 heterocycles. The molecule has 72 valence electrons. The third-order valence-corrected chi connectivity index (χ3v) is 2.20. The molecule has 1 N–H and O–H groups in total. The van der Waals surface area contributed by atoms with Gasteiger partial charge in [-0.3, -0.25) is 0 Å². The smallest absolute Gasteiger partial charge is 0.156 e. The summed E-state index contributed by atoms with van der Waals surface area (Å²) in [6.45, 7) is 9.22. The number of hydrogen-bond acceptors (Lipinski definition) is 3. The maximum atomic E-state index is 4.51. The second-order valence-corrected chi connectivity index (χ2v) is 4.50. The van der Waals surface area contributed by atoms with E-state index in [-0.39, 0.29) is 5.41 Å². The largest absolute Gasteiger partial charge is 0.308 e. The average molecular weight is 180 g/mol. The predicted octanol–water partition coefficient (Wildman–Crippen LogP) is 0.679. The second kappa shape index (κ2) is 2.80. The Morgan fingerprint density at radius 1 is 1.38 bits per heavy atom. The SMILES string of the molecule is CC(C)(C)c1nc2n(n1)CCNC2. The van der Waals surface area contributed by atoms with Crippen LogP contribution in [0.5, 0.6) is 0 Å². The minimum Gasteiger partial charge on any atom is -0.308 e. The highest BCUT2D eigenvalue weighted by Gasteiger charge is 2.22. The quantitative estimate of drug-likeness (QED) is 0.638. The van der Waals surface area contributed by atoms with Crippen molar-refractivity contribution in [2.45, 2.75) is 39.3 Å². The summed E-state index contributed by atoms with van der Waals surface area (Å²) in [7, 11) is 0. The lowest BCUT2D eigenvalue weighted by atomic mass is 9.96. The van der Waals surface area contributed by atoms with Crippen molar-refractivity contribution in [1.82, 2.24) is 20.1 Å². The molecular weight excluding hydrogens is 164 g/mol. The highest BCUT2D eigenvalue weighted by atomic mass is 15.4. The Balaban J connectivity index is 2.36. The van der Waals surface area contributed by atoms with Crippen LogP contribution in [0.3, 0.4) is 0 Å². The van der Waals surface area contributed by atoms with Crippen molar-refractivity contribution in [2.24, 2.45) is 0 Å². The molecule has 1 aliphatic rings. The second-order valence-electron chi connectivity index (χ2n) is 4.50. The lowest BCUT2D eigenvalue weighted by molar-refractivity contribution is 0.461. The molecule has 13 heavy (non-hydrogen) atoms. The Labute approximate surface area is 78.4 Å². The van der Waals surface area contributed by atoms with Crippen LogP contribution in [0.15, 0.2) is 0 Å². The summed E-state index contributed by atoms with van der Waals surface area (Å²) >= 11 is 0. The zero-order valence-corrected chi connectivity index (χ0v) is 8.46. The average Bonchev–Trinajstić information content (AvgIpc) is 2.45. The van der Waals surface area contributed by atoms with E-state index in [2.05, 4.69) is 36.2 Å². The minimum absolute atomic E-state index is 0.0599. The van der Waals surface area contributed by atoms with Crippen molar-refractivity contribution in [3.8, 4) is 0 Å². The van der Waals surface area contributed by atoms with Gasteiger partial charge in [0.15, 0.2) is 5.82 Å². The Morgan fingerprint density at radius 3 is 2.77 bits per heavy atom. The zero-order valence-electron chi connectivity index (χ0n) is 8.46. The molecule has 1 aliphatic heterocycles. The van der Waals surface area contributed by atoms with Gasteiger partial charge in [0.25, 0.3) is 0 Å². The van der Waals surface area contributed by atoms with E-state index in [0.29, 0.717) is 0 Å². The number of rotatable bonds is 0. The Bertz CT molecular complexity index is 284. The van der Waals surface area contributed by atoms with Crippen molar-refractivity contribution >= 4 is 0 Å². The first-order valence-corrected chi connectivity index (χ1v) is 4.72. The van der Waals surface area contributed by atoms with Gasteiger partial charge in [0.05, 0.1) is 13.1 Å². The predicted molar refractivity (Wildman–Crippen MR) is 50.4 cm³/mol. The fraction of sp³-hybridized carbons (Fsp3) is 0.778.